The number of nitrogens with one attached hydrogen (secondary N) is 1. The summed E-state index contributed by atoms with van der Waals surface area (Å²) in [6.07, 6.45) is 3.15. The fourth-order valence-corrected chi connectivity index (χ4v) is 1.90. The van der Waals surface area contributed by atoms with Gasteiger partial charge in [0.05, 0.1) is 11.3 Å². The number of benzene rings is 1. The first kappa shape index (κ1) is 16.2. The minimum Gasteiger partial charge on any atom is -0.372 e. The number of rotatable bonds is 8. The Bertz CT molecular complexity index is 472. The molecule has 0 aliphatic rings. The molecule has 0 bridgehead atoms. The molecule has 1 aromatic carbocycles. The quantitative estimate of drug-likeness (QED) is 0.715. The lowest BCUT2D eigenvalue weighted by Gasteiger charge is -2.11. The second-order valence-electron chi connectivity index (χ2n) is 4.67. The highest BCUT2D eigenvalue weighted by Gasteiger charge is 2.13. The van der Waals surface area contributed by atoms with Gasteiger partial charge in [-0.25, -0.2) is 0 Å². The molecule has 0 spiro atoms. The molecule has 0 fully saturated rings. The summed E-state index contributed by atoms with van der Waals surface area (Å²) >= 11 is 0. The second kappa shape index (κ2) is 8.32. The average Bonchev–Trinajstić information content (AvgIpc) is 2.38. The molecule has 110 valence electrons. The van der Waals surface area contributed by atoms with Crippen molar-refractivity contribution in [3.05, 3.63) is 29.3 Å². The summed E-state index contributed by atoms with van der Waals surface area (Å²) in [6.45, 7) is 4.43. The van der Waals surface area contributed by atoms with Crippen LogP contribution in [0.1, 0.15) is 42.1 Å². The highest BCUT2D eigenvalue weighted by Crippen LogP contribution is 2.18. The first-order valence-corrected chi connectivity index (χ1v) is 6.83. The van der Waals surface area contributed by atoms with Gasteiger partial charge in [0.25, 0.3) is 5.91 Å². The molecule has 0 atom stereocenters. The van der Waals surface area contributed by atoms with Crippen LogP contribution < -0.4 is 11.1 Å². The maximum atomic E-state index is 11.7. The van der Waals surface area contributed by atoms with E-state index in [4.69, 9.17) is 10.5 Å². The van der Waals surface area contributed by atoms with Gasteiger partial charge >= 0.3 is 0 Å². The van der Waals surface area contributed by atoms with Gasteiger partial charge in [-0.05, 0) is 25.0 Å². The lowest BCUT2D eigenvalue weighted by Crippen LogP contribution is -2.22. The molecule has 0 radical (unpaired) electrons. The predicted octanol–water partition coefficient (Wildman–Crippen LogP) is 2.24. The van der Waals surface area contributed by atoms with Crippen molar-refractivity contribution in [1.29, 1.82) is 0 Å². The summed E-state index contributed by atoms with van der Waals surface area (Å²) in [5.41, 5.74) is 6.83. The number of carbonyl (C=O) groups is 2. The Kier molecular flexibility index (Phi) is 6.73. The number of carbonyl (C=O) groups excluding carboxylic acids is 2. The number of hydrogen-bond donors (Lipinski definition) is 2. The number of primary amides is 1. The third-order valence-electron chi connectivity index (χ3n) is 2.92. The van der Waals surface area contributed by atoms with E-state index in [9.17, 15) is 9.59 Å². The van der Waals surface area contributed by atoms with Crippen LogP contribution in [0.3, 0.4) is 0 Å². The van der Waals surface area contributed by atoms with E-state index in [1.165, 1.54) is 0 Å². The molecule has 0 aliphatic carbocycles. The summed E-state index contributed by atoms with van der Waals surface area (Å²) < 4.78 is 5.27. The summed E-state index contributed by atoms with van der Waals surface area (Å²) in [6, 6.07) is 5.19. The van der Waals surface area contributed by atoms with Crippen molar-refractivity contribution < 1.29 is 14.3 Å². The standard InChI is InChI=1S/C15H22N2O3/c1-3-4-5-9-20-10-13(18)17-12-8-6-7-11(2)14(12)15(16)19/h6-8H,3-5,9-10H2,1-2H3,(H2,16,19)(H,17,18). The Hall–Kier alpha value is -1.88. The highest BCUT2D eigenvalue weighted by molar-refractivity contribution is 6.04. The van der Waals surface area contributed by atoms with Gasteiger partial charge in [-0.15, -0.1) is 0 Å². The van der Waals surface area contributed by atoms with E-state index in [1.54, 1.807) is 25.1 Å². The zero-order chi connectivity index (χ0) is 15.0. The molecule has 1 rings (SSSR count). The maximum absolute atomic E-state index is 11.7. The van der Waals surface area contributed by atoms with Gasteiger partial charge in [0.2, 0.25) is 5.91 Å². The van der Waals surface area contributed by atoms with Crippen LogP contribution in [-0.2, 0) is 9.53 Å². The summed E-state index contributed by atoms with van der Waals surface area (Å²) in [7, 11) is 0. The van der Waals surface area contributed by atoms with Gasteiger partial charge in [-0.1, -0.05) is 31.9 Å². The lowest BCUT2D eigenvalue weighted by atomic mass is 10.1. The van der Waals surface area contributed by atoms with Gasteiger partial charge in [0.1, 0.15) is 6.61 Å². The van der Waals surface area contributed by atoms with Crippen molar-refractivity contribution in [3.8, 4) is 0 Å². The van der Waals surface area contributed by atoms with Crippen molar-refractivity contribution in [1.82, 2.24) is 0 Å². The Morgan fingerprint density at radius 1 is 1.30 bits per heavy atom. The molecule has 0 heterocycles. The van der Waals surface area contributed by atoms with Crippen LogP contribution in [0.4, 0.5) is 5.69 Å². The van der Waals surface area contributed by atoms with Crippen molar-refractivity contribution in [2.24, 2.45) is 5.73 Å². The minimum absolute atomic E-state index is 0.0180. The van der Waals surface area contributed by atoms with Crippen LogP contribution in [-0.4, -0.2) is 25.0 Å². The number of unbranched alkanes of at least 4 members (excludes halogenated alkanes) is 2. The molecule has 0 unspecified atom stereocenters. The second-order valence-corrected chi connectivity index (χ2v) is 4.67. The van der Waals surface area contributed by atoms with Gasteiger partial charge in [-0.2, -0.15) is 0 Å². The zero-order valence-corrected chi connectivity index (χ0v) is 12.1. The van der Waals surface area contributed by atoms with Crippen LogP contribution >= 0.6 is 0 Å². The Labute approximate surface area is 119 Å². The molecule has 2 amide bonds. The number of hydrogen-bond acceptors (Lipinski definition) is 3. The normalized spacial score (nSPS) is 10.3. The van der Waals surface area contributed by atoms with Crippen molar-refractivity contribution >= 4 is 17.5 Å². The summed E-state index contributed by atoms with van der Waals surface area (Å²) in [5.74, 6) is -0.836. The first-order chi connectivity index (χ1) is 9.56. The lowest BCUT2D eigenvalue weighted by molar-refractivity contribution is -0.120. The van der Waals surface area contributed by atoms with Crippen molar-refractivity contribution in [3.63, 3.8) is 0 Å². The van der Waals surface area contributed by atoms with E-state index in [2.05, 4.69) is 12.2 Å². The predicted molar refractivity (Wildman–Crippen MR) is 78.7 cm³/mol. The number of nitrogens with two attached hydrogens (primary N) is 1. The van der Waals surface area contributed by atoms with E-state index < -0.39 is 5.91 Å². The van der Waals surface area contributed by atoms with Crippen LogP contribution in [0, 0.1) is 6.92 Å². The number of anilines is 1. The van der Waals surface area contributed by atoms with Crippen LogP contribution in [0.5, 0.6) is 0 Å². The third kappa shape index (κ3) is 5.01. The topological polar surface area (TPSA) is 81.4 Å². The fraction of sp³-hybridized carbons (Fsp3) is 0.467. The molecule has 0 aromatic heterocycles. The molecule has 0 aliphatic heterocycles. The van der Waals surface area contributed by atoms with Crippen LogP contribution in [0.2, 0.25) is 0 Å². The molecule has 3 N–H and O–H groups in total. The third-order valence-corrected chi connectivity index (χ3v) is 2.92. The van der Waals surface area contributed by atoms with E-state index in [-0.39, 0.29) is 12.5 Å². The van der Waals surface area contributed by atoms with E-state index in [1.807, 2.05) is 0 Å². The van der Waals surface area contributed by atoms with Gasteiger partial charge in [0.15, 0.2) is 0 Å². The molecule has 5 heteroatoms. The monoisotopic (exact) mass is 278 g/mol. The van der Waals surface area contributed by atoms with Gasteiger partial charge in [-0.3, -0.25) is 9.59 Å². The number of aryl methyl sites for hydroxylation is 1. The Morgan fingerprint density at radius 3 is 2.70 bits per heavy atom. The van der Waals surface area contributed by atoms with Crippen molar-refractivity contribution in [2.45, 2.75) is 33.1 Å². The molecule has 20 heavy (non-hydrogen) atoms. The number of ether oxygens (including phenoxy) is 1. The Morgan fingerprint density at radius 2 is 2.05 bits per heavy atom. The largest absolute Gasteiger partial charge is 0.372 e. The Balaban J connectivity index is 2.54. The van der Waals surface area contributed by atoms with E-state index in [0.717, 1.165) is 24.8 Å². The summed E-state index contributed by atoms with van der Waals surface area (Å²) in [5, 5.41) is 2.66. The summed E-state index contributed by atoms with van der Waals surface area (Å²) in [4.78, 5) is 23.1. The SMILES string of the molecule is CCCCCOCC(=O)Nc1cccc(C)c1C(N)=O. The van der Waals surface area contributed by atoms with Crippen LogP contribution in [0.25, 0.3) is 0 Å². The molecular weight excluding hydrogens is 256 g/mol. The fourth-order valence-electron chi connectivity index (χ4n) is 1.90. The van der Waals surface area contributed by atoms with Crippen LogP contribution in [0.15, 0.2) is 18.2 Å². The molecule has 5 nitrogen and oxygen atoms in total. The average molecular weight is 278 g/mol. The molecular formula is C15H22N2O3. The zero-order valence-electron chi connectivity index (χ0n) is 12.1. The first-order valence-electron chi connectivity index (χ1n) is 6.83. The van der Waals surface area contributed by atoms with Crippen molar-refractivity contribution in [2.75, 3.05) is 18.5 Å². The minimum atomic E-state index is -0.553. The smallest absolute Gasteiger partial charge is 0.251 e. The molecule has 0 saturated heterocycles. The molecule has 1 aromatic rings. The highest BCUT2D eigenvalue weighted by atomic mass is 16.5. The van der Waals surface area contributed by atoms with E-state index >= 15 is 0 Å². The number of amides is 2. The van der Waals surface area contributed by atoms with Gasteiger partial charge in [0, 0.05) is 6.61 Å². The maximum Gasteiger partial charge on any atom is 0.251 e. The van der Waals surface area contributed by atoms with Gasteiger partial charge < -0.3 is 15.8 Å². The molecule has 0 saturated carbocycles. The van der Waals surface area contributed by atoms with E-state index in [0.29, 0.717) is 17.9 Å².